The summed E-state index contributed by atoms with van der Waals surface area (Å²) in [5.74, 6) is 2.77. The Kier molecular flexibility index (Phi) is 3.73. The van der Waals surface area contributed by atoms with Gasteiger partial charge in [-0.3, -0.25) is 0 Å². The van der Waals surface area contributed by atoms with Crippen LogP contribution in [0, 0.1) is 19.8 Å². The Hall–Kier alpha value is -2.01. The number of ether oxygens (including phenoxy) is 1. The topological polar surface area (TPSA) is 51.1 Å². The molecule has 2 N–H and O–H groups in total. The third-order valence-corrected chi connectivity index (χ3v) is 4.83. The van der Waals surface area contributed by atoms with Crippen LogP contribution in [0.4, 0.5) is 5.82 Å². The molecule has 122 valence electrons. The third kappa shape index (κ3) is 2.81. The fourth-order valence-corrected chi connectivity index (χ4v) is 3.62. The molecule has 2 aliphatic rings. The Morgan fingerprint density at radius 3 is 3.22 bits per heavy atom. The number of fused-ring (bicyclic) bond motifs is 2. The standard InChI is InChI=1S/C18H24N4O/c1-12-4-3-5-15-16(6-7-23-18(12)15)19-9-14-10-20-17-8-13(2)21-22(17)11-14/h3-5,8,14,16,19-20H,6-7,9-11H2,1-2H3/t14-,16+/m1/s1. The van der Waals surface area contributed by atoms with Crippen LogP contribution < -0.4 is 15.4 Å². The van der Waals surface area contributed by atoms with Crippen LogP contribution in [-0.2, 0) is 6.54 Å². The molecule has 23 heavy (non-hydrogen) atoms. The normalized spacial score (nSPS) is 22.7. The number of benzene rings is 1. The van der Waals surface area contributed by atoms with Crippen molar-refractivity contribution in [3.8, 4) is 5.75 Å². The summed E-state index contributed by atoms with van der Waals surface area (Å²) < 4.78 is 7.95. The van der Waals surface area contributed by atoms with Gasteiger partial charge in [-0.15, -0.1) is 0 Å². The third-order valence-electron chi connectivity index (χ3n) is 4.83. The zero-order chi connectivity index (χ0) is 15.8. The zero-order valence-corrected chi connectivity index (χ0v) is 13.8. The van der Waals surface area contributed by atoms with Crippen molar-refractivity contribution >= 4 is 5.82 Å². The minimum atomic E-state index is 0.388. The van der Waals surface area contributed by atoms with Gasteiger partial charge in [0.1, 0.15) is 11.6 Å². The summed E-state index contributed by atoms with van der Waals surface area (Å²) in [6, 6.07) is 8.93. The van der Waals surface area contributed by atoms with Gasteiger partial charge in [-0.25, -0.2) is 4.68 Å². The van der Waals surface area contributed by atoms with Gasteiger partial charge in [-0.05, 0) is 19.4 Å². The Morgan fingerprint density at radius 2 is 2.30 bits per heavy atom. The second-order valence-corrected chi connectivity index (χ2v) is 6.69. The number of nitrogens with one attached hydrogen (secondary N) is 2. The molecule has 1 aromatic carbocycles. The van der Waals surface area contributed by atoms with E-state index in [-0.39, 0.29) is 0 Å². The Bertz CT molecular complexity index is 709. The molecule has 0 unspecified atom stereocenters. The van der Waals surface area contributed by atoms with E-state index in [0.29, 0.717) is 12.0 Å². The van der Waals surface area contributed by atoms with Crippen LogP contribution in [0.3, 0.4) is 0 Å². The monoisotopic (exact) mass is 312 g/mol. The van der Waals surface area contributed by atoms with Gasteiger partial charge in [-0.2, -0.15) is 5.10 Å². The molecule has 0 saturated heterocycles. The maximum Gasteiger partial charge on any atom is 0.126 e. The first-order chi connectivity index (χ1) is 11.2. The molecule has 5 nitrogen and oxygen atoms in total. The van der Waals surface area contributed by atoms with Crippen LogP contribution in [0.25, 0.3) is 0 Å². The van der Waals surface area contributed by atoms with E-state index < -0.39 is 0 Å². The zero-order valence-electron chi connectivity index (χ0n) is 13.8. The van der Waals surface area contributed by atoms with E-state index in [1.165, 1.54) is 11.1 Å². The van der Waals surface area contributed by atoms with Crippen LogP contribution in [0.2, 0.25) is 0 Å². The van der Waals surface area contributed by atoms with Gasteiger partial charge in [0.25, 0.3) is 0 Å². The quantitative estimate of drug-likeness (QED) is 0.915. The van der Waals surface area contributed by atoms with Crippen molar-refractivity contribution < 1.29 is 4.74 Å². The average molecular weight is 312 g/mol. The Labute approximate surface area is 137 Å². The first-order valence-corrected chi connectivity index (χ1v) is 8.45. The molecular weight excluding hydrogens is 288 g/mol. The maximum atomic E-state index is 5.86. The van der Waals surface area contributed by atoms with Gasteiger partial charge < -0.3 is 15.4 Å². The second-order valence-electron chi connectivity index (χ2n) is 6.69. The number of aryl methyl sites for hydroxylation is 2. The van der Waals surface area contributed by atoms with E-state index in [1.54, 1.807) is 0 Å². The number of rotatable bonds is 3. The second kappa shape index (κ2) is 5.89. The summed E-state index contributed by atoms with van der Waals surface area (Å²) in [4.78, 5) is 0. The van der Waals surface area contributed by atoms with Crippen molar-refractivity contribution in [3.63, 3.8) is 0 Å². The molecule has 2 aromatic rings. The molecule has 0 amide bonds. The molecule has 2 atom stereocenters. The fraction of sp³-hybridized carbons (Fsp3) is 0.500. The highest BCUT2D eigenvalue weighted by Gasteiger charge is 2.25. The van der Waals surface area contributed by atoms with Crippen LogP contribution in [0.15, 0.2) is 24.3 Å². The van der Waals surface area contributed by atoms with Crippen molar-refractivity contribution in [2.24, 2.45) is 5.92 Å². The smallest absolute Gasteiger partial charge is 0.126 e. The lowest BCUT2D eigenvalue weighted by atomic mass is 9.97. The molecule has 5 heteroatoms. The predicted octanol–water partition coefficient (Wildman–Crippen LogP) is 2.66. The summed E-state index contributed by atoms with van der Waals surface area (Å²) in [6.45, 7) is 7.93. The summed E-state index contributed by atoms with van der Waals surface area (Å²) >= 11 is 0. The molecular formula is C18H24N4O. The van der Waals surface area contributed by atoms with E-state index >= 15 is 0 Å². The van der Waals surface area contributed by atoms with Crippen molar-refractivity contribution in [2.45, 2.75) is 32.9 Å². The molecule has 0 aliphatic carbocycles. The number of para-hydroxylation sites is 1. The fourth-order valence-electron chi connectivity index (χ4n) is 3.62. The highest BCUT2D eigenvalue weighted by atomic mass is 16.5. The number of hydrogen-bond donors (Lipinski definition) is 2. The lowest BCUT2D eigenvalue weighted by molar-refractivity contribution is 0.244. The lowest BCUT2D eigenvalue weighted by Crippen LogP contribution is -2.38. The minimum Gasteiger partial charge on any atom is -0.493 e. The summed E-state index contributed by atoms with van der Waals surface area (Å²) in [5.41, 5.74) is 3.61. The Balaban J connectivity index is 1.42. The molecule has 4 rings (SSSR count). The molecule has 3 heterocycles. The van der Waals surface area contributed by atoms with Crippen LogP contribution >= 0.6 is 0 Å². The number of hydrogen-bond acceptors (Lipinski definition) is 4. The summed E-state index contributed by atoms with van der Waals surface area (Å²) in [5, 5.41) is 11.8. The molecule has 0 radical (unpaired) electrons. The van der Waals surface area contributed by atoms with Crippen LogP contribution in [0.5, 0.6) is 5.75 Å². The van der Waals surface area contributed by atoms with Crippen molar-refractivity contribution in [1.29, 1.82) is 0 Å². The van der Waals surface area contributed by atoms with Gasteiger partial charge in [0.05, 0.1) is 12.3 Å². The summed E-state index contributed by atoms with van der Waals surface area (Å²) in [7, 11) is 0. The van der Waals surface area contributed by atoms with Gasteiger partial charge in [0.15, 0.2) is 0 Å². The Morgan fingerprint density at radius 1 is 1.39 bits per heavy atom. The van der Waals surface area contributed by atoms with E-state index in [2.05, 4.69) is 51.6 Å². The van der Waals surface area contributed by atoms with Crippen molar-refractivity contribution in [2.75, 3.05) is 25.0 Å². The van der Waals surface area contributed by atoms with Crippen molar-refractivity contribution in [1.82, 2.24) is 15.1 Å². The molecule has 2 aliphatic heterocycles. The van der Waals surface area contributed by atoms with Gasteiger partial charge >= 0.3 is 0 Å². The van der Waals surface area contributed by atoms with E-state index in [4.69, 9.17) is 4.74 Å². The van der Waals surface area contributed by atoms with Gasteiger partial charge in [0, 0.05) is 49.6 Å². The van der Waals surface area contributed by atoms with E-state index in [9.17, 15) is 0 Å². The van der Waals surface area contributed by atoms with Crippen molar-refractivity contribution in [3.05, 3.63) is 41.1 Å². The number of aromatic nitrogens is 2. The molecule has 0 fully saturated rings. The van der Waals surface area contributed by atoms with Crippen LogP contribution in [0.1, 0.15) is 29.3 Å². The van der Waals surface area contributed by atoms with Crippen LogP contribution in [-0.4, -0.2) is 29.5 Å². The predicted molar refractivity (Wildman–Crippen MR) is 91.0 cm³/mol. The van der Waals surface area contributed by atoms with Gasteiger partial charge in [-0.1, -0.05) is 18.2 Å². The number of anilines is 1. The summed E-state index contributed by atoms with van der Waals surface area (Å²) in [6.07, 6.45) is 1.03. The molecule has 0 bridgehead atoms. The first-order valence-electron chi connectivity index (χ1n) is 8.45. The lowest BCUT2D eigenvalue weighted by Gasteiger charge is -2.31. The molecule has 0 saturated carbocycles. The molecule has 0 spiro atoms. The largest absolute Gasteiger partial charge is 0.493 e. The van der Waals surface area contributed by atoms with E-state index in [1.807, 2.05) is 6.92 Å². The highest BCUT2D eigenvalue weighted by molar-refractivity contribution is 5.44. The highest BCUT2D eigenvalue weighted by Crippen LogP contribution is 2.34. The molecule has 1 aromatic heterocycles. The average Bonchev–Trinajstić information content (AvgIpc) is 2.92. The van der Waals surface area contributed by atoms with E-state index in [0.717, 1.165) is 49.9 Å². The van der Waals surface area contributed by atoms with Gasteiger partial charge in [0.2, 0.25) is 0 Å². The number of nitrogens with zero attached hydrogens (tertiary/aromatic N) is 2. The first kappa shape index (κ1) is 14.6. The maximum absolute atomic E-state index is 5.86. The minimum absolute atomic E-state index is 0.388. The SMILES string of the molecule is Cc1cc2n(n1)C[C@H](CN[C@H]1CCOc3c(C)cccc31)CN2.